The van der Waals surface area contributed by atoms with Gasteiger partial charge in [0, 0.05) is 19.0 Å². The third kappa shape index (κ3) is 2.64. The highest BCUT2D eigenvalue weighted by Crippen LogP contribution is 2.46. The maximum atomic E-state index is 12.8. The van der Waals surface area contributed by atoms with Crippen LogP contribution >= 0.6 is 0 Å². The van der Waals surface area contributed by atoms with Crippen LogP contribution in [-0.2, 0) is 20.9 Å². The Morgan fingerprint density at radius 3 is 2.83 bits per heavy atom. The number of hydrogen-bond acceptors (Lipinski definition) is 5. The zero-order valence-electron chi connectivity index (χ0n) is 13.4. The first-order valence-electron chi connectivity index (χ1n) is 8.50. The van der Waals surface area contributed by atoms with Crippen molar-refractivity contribution in [3.05, 3.63) is 17.5 Å². The Hall–Kier alpha value is -1.85. The molecule has 0 bridgehead atoms. The van der Waals surface area contributed by atoms with Crippen LogP contribution in [0.2, 0.25) is 0 Å². The number of carbonyl (C=O) groups excluding carboxylic acids is 2. The molecule has 1 saturated heterocycles. The Balaban J connectivity index is 1.45. The Morgan fingerprint density at radius 2 is 2.13 bits per heavy atom. The first-order chi connectivity index (χ1) is 11.1. The van der Waals surface area contributed by atoms with Crippen molar-refractivity contribution in [3.63, 3.8) is 0 Å². The number of rotatable bonds is 4. The van der Waals surface area contributed by atoms with Crippen LogP contribution < -0.4 is 0 Å². The van der Waals surface area contributed by atoms with Crippen LogP contribution in [0.25, 0.3) is 0 Å². The van der Waals surface area contributed by atoms with Gasteiger partial charge >= 0.3 is 5.97 Å². The maximum absolute atomic E-state index is 12.8. The van der Waals surface area contributed by atoms with Gasteiger partial charge in [0.1, 0.15) is 17.1 Å². The molecule has 1 spiro atoms. The third-order valence-electron chi connectivity index (χ3n) is 5.40. The number of nitrogens with zero attached hydrogens (tertiary/aromatic N) is 2. The predicted octanol–water partition coefficient (Wildman–Crippen LogP) is 2.39. The van der Waals surface area contributed by atoms with E-state index in [9.17, 15) is 9.59 Å². The van der Waals surface area contributed by atoms with E-state index in [0.717, 1.165) is 50.0 Å². The zero-order chi connectivity index (χ0) is 16.0. The molecule has 6 nitrogen and oxygen atoms in total. The molecule has 23 heavy (non-hydrogen) atoms. The fraction of sp³-hybridized carbons (Fsp3) is 0.706. The molecule has 0 aromatic carbocycles. The van der Waals surface area contributed by atoms with Gasteiger partial charge in [-0.1, -0.05) is 5.16 Å². The van der Waals surface area contributed by atoms with Gasteiger partial charge in [-0.3, -0.25) is 9.59 Å². The van der Waals surface area contributed by atoms with Crippen molar-refractivity contribution in [1.82, 2.24) is 10.1 Å². The van der Waals surface area contributed by atoms with Gasteiger partial charge in [0.2, 0.25) is 5.91 Å². The minimum atomic E-state index is -0.550. The number of amides is 1. The van der Waals surface area contributed by atoms with Gasteiger partial charge in [0.25, 0.3) is 0 Å². The molecule has 4 rings (SSSR count). The summed E-state index contributed by atoms with van der Waals surface area (Å²) in [7, 11) is 1.76. The summed E-state index contributed by atoms with van der Waals surface area (Å²) in [6, 6.07) is 1.95. The molecule has 124 valence electrons. The highest BCUT2D eigenvalue weighted by Gasteiger charge is 2.54. The van der Waals surface area contributed by atoms with Crippen molar-refractivity contribution >= 4 is 11.9 Å². The SMILES string of the molecule is CN(Cc1cc(C2CC2)on1)C(=O)C1CC(=O)OC12CCCC2. The Labute approximate surface area is 135 Å². The van der Waals surface area contributed by atoms with Gasteiger partial charge in [-0.05, 0) is 38.5 Å². The molecule has 1 atom stereocenters. The van der Waals surface area contributed by atoms with Crippen molar-refractivity contribution in [3.8, 4) is 0 Å². The molecule has 2 saturated carbocycles. The van der Waals surface area contributed by atoms with E-state index in [-0.39, 0.29) is 24.2 Å². The lowest BCUT2D eigenvalue weighted by molar-refractivity contribution is -0.151. The van der Waals surface area contributed by atoms with Crippen LogP contribution in [0.5, 0.6) is 0 Å². The molecule has 3 aliphatic rings. The van der Waals surface area contributed by atoms with Gasteiger partial charge in [0.15, 0.2) is 0 Å². The third-order valence-corrected chi connectivity index (χ3v) is 5.40. The largest absolute Gasteiger partial charge is 0.458 e. The Kier molecular flexibility index (Phi) is 3.43. The van der Waals surface area contributed by atoms with Crippen molar-refractivity contribution in [2.45, 2.75) is 63.0 Å². The second kappa shape index (κ2) is 5.35. The summed E-state index contributed by atoms with van der Waals surface area (Å²) >= 11 is 0. The molecule has 3 fully saturated rings. The molecule has 1 aromatic heterocycles. The summed E-state index contributed by atoms with van der Waals surface area (Å²) in [4.78, 5) is 26.3. The molecule has 2 aliphatic carbocycles. The minimum absolute atomic E-state index is 0.0197. The lowest BCUT2D eigenvalue weighted by atomic mass is 9.84. The Morgan fingerprint density at radius 1 is 1.39 bits per heavy atom. The monoisotopic (exact) mass is 318 g/mol. The maximum Gasteiger partial charge on any atom is 0.307 e. The predicted molar refractivity (Wildman–Crippen MR) is 80.4 cm³/mol. The van der Waals surface area contributed by atoms with Crippen LogP contribution in [0.3, 0.4) is 0 Å². The molecule has 2 heterocycles. The summed E-state index contributed by atoms with van der Waals surface area (Å²) < 4.78 is 10.9. The standard InChI is InChI=1S/C17H22N2O4/c1-19(10-12-8-14(23-18-12)11-4-5-11)16(21)13-9-15(20)22-17(13)6-2-3-7-17/h8,11,13H,2-7,9-10H2,1H3. The molecule has 0 N–H and O–H groups in total. The van der Waals surface area contributed by atoms with Crippen LogP contribution in [0, 0.1) is 5.92 Å². The molecule has 1 unspecified atom stereocenters. The Bertz CT molecular complexity index is 628. The second-order valence-electron chi connectivity index (χ2n) is 7.19. The van der Waals surface area contributed by atoms with Crippen molar-refractivity contribution in [1.29, 1.82) is 0 Å². The highest BCUT2D eigenvalue weighted by molar-refractivity contribution is 5.87. The lowest BCUT2D eigenvalue weighted by Gasteiger charge is -2.30. The molecular formula is C17H22N2O4. The number of ether oxygens (including phenoxy) is 1. The van der Waals surface area contributed by atoms with Gasteiger partial charge < -0.3 is 14.2 Å². The topological polar surface area (TPSA) is 72.6 Å². The first kappa shape index (κ1) is 14.7. The summed E-state index contributed by atoms with van der Waals surface area (Å²) in [5.74, 6) is 0.828. The van der Waals surface area contributed by atoms with E-state index < -0.39 is 5.60 Å². The van der Waals surface area contributed by atoms with E-state index in [4.69, 9.17) is 9.26 Å². The molecular weight excluding hydrogens is 296 g/mol. The summed E-state index contributed by atoms with van der Waals surface area (Å²) in [5, 5.41) is 4.06. The van der Waals surface area contributed by atoms with Gasteiger partial charge in [-0.2, -0.15) is 0 Å². The number of aromatic nitrogens is 1. The summed E-state index contributed by atoms with van der Waals surface area (Å²) in [6.07, 6.45) is 6.18. The van der Waals surface area contributed by atoms with Crippen LogP contribution in [0.15, 0.2) is 10.6 Å². The van der Waals surface area contributed by atoms with Crippen molar-refractivity contribution in [2.75, 3.05) is 7.05 Å². The quantitative estimate of drug-likeness (QED) is 0.797. The molecule has 0 radical (unpaired) electrons. The molecule has 1 aliphatic heterocycles. The number of esters is 1. The highest BCUT2D eigenvalue weighted by atomic mass is 16.6. The molecule has 6 heteroatoms. The number of hydrogen-bond donors (Lipinski definition) is 0. The summed E-state index contributed by atoms with van der Waals surface area (Å²) in [6.45, 7) is 0.413. The van der Waals surface area contributed by atoms with Crippen molar-refractivity contribution < 1.29 is 18.8 Å². The average molecular weight is 318 g/mol. The van der Waals surface area contributed by atoms with Gasteiger partial charge in [-0.15, -0.1) is 0 Å². The van der Waals surface area contributed by atoms with Gasteiger partial charge in [0.05, 0.1) is 18.9 Å². The average Bonchev–Trinajstić information content (AvgIpc) is 2.95. The van der Waals surface area contributed by atoms with E-state index in [0.29, 0.717) is 12.5 Å². The van der Waals surface area contributed by atoms with E-state index in [1.165, 1.54) is 0 Å². The van der Waals surface area contributed by atoms with Crippen LogP contribution in [0.1, 0.15) is 62.3 Å². The van der Waals surface area contributed by atoms with E-state index >= 15 is 0 Å². The van der Waals surface area contributed by atoms with Crippen LogP contribution in [0.4, 0.5) is 0 Å². The van der Waals surface area contributed by atoms with E-state index in [2.05, 4.69) is 5.16 Å². The summed E-state index contributed by atoms with van der Waals surface area (Å²) in [5.41, 5.74) is 0.222. The van der Waals surface area contributed by atoms with Crippen LogP contribution in [-0.4, -0.2) is 34.6 Å². The molecule has 1 aromatic rings. The fourth-order valence-corrected chi connectivity index (χ4v) is 3.98. The van der Waals surface area contributed by atoms with Crippen molar-refractivity contribution in [2.24, 2.45) is 5.92 Å². The lowest BCUT2D eigenvalue weighted by Crippen LogP contribution is -2.43. The normalized spacial score (nSPS) is 25.8. The van der Waals surface area contributed by atoms with Gasteiger partial charge in [-0.25, -0.2) is 0 Å². The van der Waals surface area contributed by atoms with E-state index in [1.54, 1.807) is 11.9 Å². The number of carbonyl (C=O) groups is 2. The van der Waals surface area contributed by atoms with E-state index in [1.807, 2.05) is 6.07 Å². The second-order valence-corrected chi connectivity index (χ2v) is 7.19. The first-order valence-corrected chi connectivity index (χ1v) is 8.50. The minimum Gasteiger partial charge on any atom is -0.458 e. The molecule has 1 amide bonds. The fourth-order valence-electron chi connectivity index (χ4n) is 3.98. The zero-order valence-corrected chi connectivity index (χ0v) is 13.4. The smallest absolute Gasteiger partial charge is 0.307 e.